The second-order valence-electron chi connectivity index (χ2n) is 10.7. The third-order valence-corrected chi connectivity index (χ3v) is 11.0. The molecule has 0 saturated heterocycles. The van der Waals surface area contributed by atoms with Gasteiger partial charge in [-0.15, -0.1) is 0 Å². The van der Waals surface area contributed by atoms with Crippen LogP contribution in [0.3, 0.4) is 0 Å². The SMILES string of the molecule is O=c1/c(=C/c2cc(I)c(OCc3ccc([N+](=O)[O-])cc3)c(I)c2)sc2n1[C@H](c1ccc(Br)cc1)C1=C(N=2)c2ccccc2CC1. The summed E-state index contributed by atoms with van der Waals surface area (Å²) in [6.45, 7) is 0.284. The Balaban J connectivity index is 1.27. The van der Waals surface area contributed by atoms with Crippen LogP contribution in [0.4, 0.5) is 5.69 Å². The van der Waals surface area contributed by atoms with Crippen LogP contribution in [0, 0.1) is 17.3 Å². The van der Waals surface area contributed by atoms with Gasteiger partial charge in [0.2, 0.25) is 0 Å². The first-order valence-electron chi connectivity index (χ1n) is 14.0. The highest BCUT2D eigenvalue weighted by Gasteiger charge is 2.32. The van der Waals surface area contributed by atoms with Gasteiger partial charge in [-0.05, 0) is 128 Å². The number of aromatic nitrogens is 1. The van der Waals surface area contributed by atoms with Gasteiger partial charge in [0.15, 0.2) is 4.80 Å². The lowest BCUT2D eigenvalue weighted by Gasteiger charge is -2.30. The van der Waals surface area contributed by atoms with Crippen LogP contribution in [0.2, 0.25) is 0 Å². The number of benzene rings is 4. The molecule has 7 nitrogen and oxygen atoms in total. The van der Waals surface area contributed by atoms with Gasteiger partial charge in [-0.2, -0.15) is 0 Å². The van der Waals surface area contributed by atoms with Crippen molar-refractivity contribution in [2.45, 2.75) is 25.5 Å². The number of non-ortho nitro benzene ring substituents is 1. The zero-order valence-corrected chi connectivity index (χ0v) is 30.1. The number of hydrogen-bond acceptors (Lipinski definition) is 6. The molecular formula is C34H22BrI2N3O4S. The molecule has 0 spiro atoms. The second-order valence-corrected chi connectivity index (χ2v) is 14.9. The minimum Gasteiger partial charge on any atom is -0.487 e. The lowest BCUT2D eigenvalue weighted by Crippen LogP contribution is -2.38. The first kappa shape index (κ1) is 30.5. The Morgan fingerprint density at radius 3 is 2.44 bits per heavy atom. The molecule has 224 valence electrons. The van der Waals surface area contributed by atoms with Gasteiger partial charge in [-0.3, -0.25) is 19.5 Å². The van der Waals surface area contributed by atoms with Gasteiger partial charge in [0.05, 0.1) is 28.3 Å². The third-order valence-electron chi connectivity index (χ3n) is 7.91. The summed E-state index contributed by atoms with van der Waals surface area (Å²) in [7, 11) is 0. The molecule has 11 heteroatoms. The quantitative estimate of drug-likeness (QED) is 0.0991. The maximum absolute atomic E-state index is 14.1. The minimum absolute atomic E-state index is 0.0469. The fourth-order valence-corrected chi connectivity index (χ4v) is 9.18. The molecular weight excluding hydrogens is 880 g/mol. The van der Waals surface area contributed by atoms with E-state index in [2.05, 4.69) is 97.5 Å². The van der Waals surface area contributed by atoms with E-state index in [1.807, 2.05) is 34.9 Å². The van der Waals surface area contributed by atoms with Crippen LogP contribution in [0.15, 0.2) is 105 Å². The molecule has 4 aromatic carbocycles. The summed E-state index contributed by atoms with van der Waals surface area (Å²) in [5.41, 5.74) is 7.37. The molecule has 0 N–H and O–H groups in total. The Morgan fingerprint density at radius 2 is 1.73 bits per heavy atom. The number of ether oxygens (including phenoxy) is 1. The van der Waals surface area contributed by atoms with Crippen LogP contribution in [-0.2, 0) is 13.0 Å². The van der Waals surface area contributed by atoms with E-state index < -0.39 is 4.92 Å². The van der Waals surface area contributed by atoms with E-state index in [4.69, 9.17) is 9.73 Å². The number of aryl methyl sites for hydroxylation is 1. The van der Waals surface area contributed by atoms with E-state index in [0.717, 1.165) is 58.2 Å². The van der Waals surface area contributed by atoms with Crippen LogP contribution in [0.5, 0.6) is 5.75 Å². The molecule has 5 aromatic rings. The monoisotopic (exact) mass is 901 g/mol. The molecule has 1 atom stereocenters. The molecule has 0 radical (unpaired) electrons. The molecule has 2 heterocycles. The van der Waals surface area contributed by atoms with Gasteiger partial charge >= 0.3 is 0 Å². The Bertz CT molecular complexity index is 2190. The summed E-state index contributed by atoms with van der Waals surface area (Å²) >= 11 is 9.46. The lowest BCUT2D eigenvalue weighted by molar-refractivity contribution is -0.384. The normalized spacial score (nSPS) is 15.6. The van der Waals surface area contributed by atoms with Gasteiger partial charge in [0.1, 0.15) is 12.4 Å². The van der Waals surface area contributed by atoms with Crippen molar-refractivity contribution in [3.05, 3.63) is 160 Å². The van der Waals surface area contributed by atoms with E-state index in [1.165, 1.54) is 34.6 Å². The average molecular weight is 902 g/mol. The van der Waals surface area contributed by atoms with Crippen molar-refractivity contribution in [1.82, 2.24) is 4.57 Å². The summed E-state index contributed by atoms with van der Waals surface area (Å²) in [5, 5.41) is 11.0. The summed E-state index contributed by atoms with van der Waals surface area (Å²) in [6.07, 6.45) is 3.69. The number of hydrogen-bond donors (Lipinski definition) is 0. The van der Waals surface area contributed by atoms with E-state index >= 15 is 0 Å². The number of allylic oxidation sites excluding steroid dienone is 1. The predicted molar refractivity (Wildman–Crippen MR) is 196 cm³/mol. The highest BCUT2D eigenvalue weighted by Crippen LogP contribution is 2.41. The molecule has 45 heavy (non-hydrogen) atoms. The summed E-state index contributed by atoms with van der Waals surface area (Å²) in [5.74, 6) is 0.731. The molecule has 0 saturated carbocycles. The molecule has 0 bridgehead atoms. The molecule has 7 rings (SSSR count). The second kappa shape index (κ2) is 12.6. The van der Waals surface area contributed by atoms with Gasteiger partial charge in [-0.1, -0.05) is 63.7 Å². The van der Waals surface area contributed by atoms with E-state index in [0.29, 0.717) is 9.33 Å². The third kappa shape index (κ3) is 5.95. The van der Waals surface area contributed by atoms with E-state index in [-0.39, 0.29) is 23.9 Å². The van der Waals surface area contributed by atoms with Crippen LogP contribution < -0.4 is 19.6 Å². The van der Waals surface area contributed by atoms with Crippen molar-refractivity contribution in [3.63, 3.8) is 0 Å². The Morgan fingerprint density at radius 1 is 1.02 bits per heavy atom. The summed E-state index contributed by atoms with van der Waals surface area (Å²) in [6, 6.07) is 26.8. The maximum atomic E-state index is 14.1. The van der Waals surface area contributed by atoms with Crippen molar-refractivity contribution in [2.75, 3.05) is 0 Å². The van der Waals surface area contributed by atoms with Crippen molar-refractivity contribution < 1.29 is 9.66 Å². The average Bonchev–Trinajstić information content (AvgIpc) is 3.34. The zero-order valence-electron chi connectivity index (χ0n) is 23.4. The van der Waals surface area contributed by atoms with E-state index in [1.54, 1.807) is 12.1 Å². The fraction of sp³-hybridized carbons (Fsp3) is 0.118. The zero-order chi connectivity index (χ0) is 31.2. The molecule has 1 aromatic heterocycles. The fourth-order valence-electron chi connectivity index (χ4n) is 5.79. The van der Waals surface area contributed by atoms with Gasteiger partial charge < -0.3 is 4.74 Å². The number of nitro benzene ring substituents is 1. The minimum atomic E-state index is -0.416. The van der Waals surface area contributed by atoms with Gasteiger partial charge in [0.25, 0.3) is 11.2 Å². The molecule has 0 fully saturated rings. The Kier molecular flexibility index (Phi) is 8.52. The predicted octanol–water partition coefficient (Wildman–Crippen LogP) is 7.78. The molecule has 0 amide bonds. The largest absolute Gasteiger partial charge is 0.487 e. The van der Waals surface area contributed by atoms with Gasteiger partial charge in [-0.25, -0.2) is 4.99 Å². The number of nitrogens with zero attached hydrogens (tertiary/aromatic N) is 3. The number of nitro groups is 1. The first-order valence-corrected chi connectivity index (χ1v) is 17.8. The van der Waals surface area contributed by atoms with Crippen LogP contribution in [-0.4, -0.2) is 9.49 Å². The highest BCUT2D eigenvalue weighted by molar-refractivity contribution is 14.1. The molecule has 1 aliphatic carbocycles. The van der Waals surface area contributed by atoms with Crippen LogP contribution in [0.25, 0.3) is 11.8 Å². The Hall–Kier alpha value is -3.14. The number of halogens is 3. The molecule has 0 unspecified atom stereocenters. The molecule has 1 aliphatic heterocycles. The van der Waals surface area contributed by atoms with Crippen LogP contribution >= 0.6 is 72.4 Å². The topological polar surface area (TPSA) is 86.7 Å². The highest BCUT2D eigenvalue weighted by atomic mass is 127. The smallest absolute Gasteiger partial charge is 0.271 e. The Labute approximate surface area is 297 Å². The summed E-state index contributed by atoms with van der Waals surface area (Å²) in [4.78, 5) is 30.5. The first-order chi connectivity index (χ1) is 21.8. The van der Waals surface area contributed by atoms with Crippen molar-refractivity contribution in [2.24, 2.45) is 4.99 Å². The van der Waals surface area contributed by atoms with Crippen molar-refractivity contribution >= 4 is 89.9 Å². The van der Waals surface area contributed by atoms with Crippen LogP contribution in [0.1, 0.15) is 40.3 Å². The number of rotatable bonds is 6. The van der Waals surface area contributed by atoms with Crippen molar-refractivity contribution in [1.29, 1.82) is 0 Å². The molecule has 2 aliphatic rings. The van der Waals surface area contributed by atoms with E-state index in [9.17, 15) is 14.9 Å². The number of fused-ring (bicyclic) bond motifs is 3. The van der Waals surface area contributed by atoms with Crippen molar-refractivity contribution in [3.8, 4) is 5.75 Å². The maximum Gasteiger partial charge on any atom is 0.271 e. The summed E-state index contributed by atoms with van der Waals surface area (Å²) < 4.78 is 11.4. The number of thiazole rings is 1. The standard InChI is InChI=1S/C34H22BrI2N3O4S/c35-23-10-7-22(8-11-23)31-26-14-9-21-3-1-2-4-25(21)30(26)38-34-39(31)33(41)29(45-34)17-20-15-27(36)32(28(37)16-20)44-18-19-5-12-24(13-6-19)40(42)43/h1-8,10-13,15-17,31H,9,14,18H2/b29-17-/t31-/m1/s1. The lowest BCUT2D eigenvalue weighted by atomic mass is 9.83. The van der Waals surface area contributed by atoms with Gasteiger partial charge in [0, 0.05) is 22.2 Å².